The first-order valence-corrected chi connectivity index (χ1v) is 10.5. The highest BCUT2D eigenvalue weighted by molar-refractivity contribution is 8.18. The van der Waals surface area contributed by atoms with Crippen LogP contribution < -0.4 is 16.0 Å². The van der Waals surface area contributed by atoms with Gasteiger partial charge in [0.25, 0.3) is 17.1 Å². The van der Waals surface area contributed by atoms with E-state index < -0.39 is 0 Å². The number of piperazine rings is 1. The van der Waals surface area contributed by atoms with Gasteiger partial charge < -0.3 is 15.5 Å². The molecule has 31 heavy (non-hydrogen) atoms. The highest BCUT2D eigenvalue weighted by atomic mass is 35.5. The molecule has 2 heterocycles. The molecule has 3 N–H and O–H groups in total. The van der Waals surface area contributed by atoms with E-state index in [-0.39, 0.29) is 29.5 Å². The van der Waals surface area contributed by atoms with Crippen molar-refractivity contribution in [3.8, 4) is 0 Å². The molecule has 0 bridgehead atoms. The molecule has 7 nitrogen and oxygen atoms in total. The van der Waals surface area contributed by atoms with E-state index in [2.05, 4.69) is 10.2 Å². The van der Waals surface area contributed by atoms with Gasteiger partial charge in [0.15, 0.2) is 0 Å². The third kappa shape index (κ3) is 5.10. The lowest BCUT2D eigenvalue weighted by atomic mass is 10.1. The molecule has 0 spiro atoms. The maximum Gasteiger partial charge on any atom is 0.290 e. The van der Waals surface area contributed by atoms with Crippen LogP contribution in [0.15, 0.2) is 53.4 Å². The molecule has 2 aliphatic heterocycles. The zero-order valence-electron chi connectivity index (χ0n) is 16.7. The van der Waals surface area contributed by atoms with E-state index in [1.807, 2.05) is 53.4 Å². The molecule has 0 aromatic heterocycles. The fourth-order valence-electron chi connectivity index (χ4n) is 3.62. The molecule has 0 atom stereocenters. The van der Waals surface area contributed by atoms with Crippen molar-refractivity contribution in [1.82, 2.24) is 10.2 Å². The van der Waals surface area contributed by atoms with E-state index in [1.165, 1.54) is 0 Å². The summed E-state index contributed by atoms with van der Waals surface area (Å²) in [4.78, 5) is 40.6. The van der Waals surface area contributed by atoms with Gasteiger partial charge in [-0.05, 0) is 47.2 Å². The van der Waals surface area contributed by atoms with Crippen LogP contribution >= 0.6 is 24.2 Å². The quantitative estimate of drug-likeness (QED) is 0.684. The molecule has 0 radical (unpaired) electrons. The van der Waals surface area contributed by atoms with Gasteiger partial charge in [0.2, 0.25) is 0 Å². The van der Waals surface area contributed by atoms with Crippen molar-refractivity contribution >= 4 is 53.0 Å². The molecule has 2 aromatic rings. The van der Waals surface area contributed by atoms with E-state index in [1.54, 1.807) is 6.08 Å². The Balaban J connectivity index is 0.00000272. The lowest BCUT2D eigenvalue weighted by Crippen LogP contribution is -2.49. The number of halogens is 1. The second-order valence-corrected chi connectivity index (χ2v) is 8.11. The highest BCUT2D eigenvalue weighted by Crippen LogP contribution is 2.30. The minimum absolute atomic E-state index is 0. The lowest BCUT2D eigenvalue weighted by Gasteiger charge is -2.37. The summed E-state index contributed by atoms with van der Waals surface area (Å²) in [5.74, 6) is -0.354. The number of carbonyl (C=O) groups is 3. The number of carbonyl (C=O) groups excluding carboxylic acids is 3. The zero-order chi connectivity index (χ0) is 21.1. The van der Waals surface area contributed by atoms with Gasteiger partial charge in [0, 0.05) is 44.0 Å². The third-order valence-corrected chi connectivity index (χ3v) is 5.99. The molecular formula is C22H23ClN4O3S. The molecule has 2 fully saturated rings. The predicted octanol–water partition coefficient (Wildman–Crippen LogP) is 2.85. The maximum atomic E-state index is 12.9. The molecule has 0 saturated carbocycles. The molecule has 4 rings (SSSR count). The van der Waals surface area contributed by atoms with E-state index in [9.17, 15) is 14.4 Å². The van der Waals surface area contributed by atoms with Gasteiger partial charge >= 0.3 is 0 Å². The molecule has 0 unspecified atom stereocenters. The smallest absolute Gasteiger partial charge is 0.290 e. The Morgan fingerprint density at radius 3 is 2.48 bits per heavy atom. The summed E-state index contributed by atoms with van der Waals surface area (Å²) in [5, 5.41) is 1.93. The van der Waals surface area contributed by atoms with Crippen LogP contribution in [0.5, 0.6) is 0 Å². The Morgan fingerprint density at radius 1 is 1.06 bits per heavy atom. The van der Waals surface area contributed by atoms with Crippen molar-refractivity contribution < 1.29 is 14.4 Å². The molecule has 162 valence electrons. The highest BCUT2D eigenvalue weighted by Gasteiger charge is 2.27. The lowest BCUT2D eigenvalue weighted by molar-refractivity contribution is -0.115. The summed E-state index contributed by atoms with van der Waals surface area (Å²) in [7, 11) is 0. The van der Waals surface area contributed by atoms with Crippen molar-refractivity contribution in [2.75, 3.05) is 31.1 Å². The summed E-state index contributed by atoms with van der Waals surface area (Å²) < 4.78 is 0. The van der Waals surface area contributed by atoms with Gasteiger partial charge in [0.1, 0.15) is 0 Å². The standard InChI is InChI=1S/C22H22N4O3S.ClH/c23-14-15-4-3-6-17(12-15)21(28)26-10-8-25(9-11-26)18-7-2-1-5-16(18)13-19-20(27)24-22(29)30-19;/h1-7,12-13H,8-11,14,23H2,(H,24,27,29);1H/b19-13+;. The molecule has 2 aliphatic rings. The van der Waals surface area contributed by atoms with Gasteiger partial charge in [-0.1, -0.05) is 30.3 Å². The Bertz CT molecular complexity index is 1030. The topological polar surface area (TPSA) is 95.7 Å². The zero-order valence-corrected chi connectivity index (χ0v) is 18.4. The summed E-state index contributed by atoms with van der Waals surface area (Å²) in [6, 6.07) is 15.2. The number of para-hydroxylation sites is 1. The van der Waals surface area contributed by atoms with E-state index >= 15 is 0 Å². The fourth-order valence-corrected chi connectivity index (χ4v) is 4.30. The van der Waals surface area contributed by atoms with Crippen LogP contribution in [0.25, 0.3) is 6.08 Å². The summed E-state index contributed by atoms with van der Waals surface area (Å²) in [6.45, 7) is 2.97. The first-order chi connectivity index (χ1) is 14.5. The number of hydrogen-bond acceptors (Lipinski definition) is 6. The monoisotopic (exact) mass is 458 g/mol. The molecule has 2 saturated heterocycles. The first kappa shape index (κ1) is 22.9. The summed E-state index contributed by atoms with van der Waals surface area (Å²) in [6.07, 6.45) is 1.75. The number of hydrogen-bond donors (Lipinski definition) is 2. The number of thioether (sulfide) groups is 1. The SMILES string of the molecule is Cl.NCc1cccc(C(=O)N2CCN(c3ccccc3/C=C3/SC(=O)NC3=O)CC2)c1. The van der Waals surface area contributed by atoms with Gasteiger partial charge in [-0.15, -0.1) is 12.4 Å². The maximum absolute atomic E-state index is 12.9. The van der Waals surface area contributed by atoms with E-state index in [0.29, 0.717) is 43.2 Å². The van der Waals surface area contributed by atoms with Crippen LogP contribution in [-0.4, -0.2) is 48.1 Å². The average molecular weight is 459 g/mol. The van der Waals surface area contributed by atoms with Gasteiger partial charge in [-0.25, -0.2) is 0 Å². The number of nitrogens with zero attached hydrogens (tertiary/aromatic N) is 2. The Labute approximate surface area is 191 Å². The van der Waals surface area contributed by atoms with Gasteiger partial charge in [0.05, 0.1) is 4.91 Å². The van der Waals surface area contributed by atoms with Crippen molar-refractivity contribution in [2.24, 2.45) is 5.73 Å². The van der Waals surface area contributed by atoms with Crippen molar-refractivity contribution in [2.45, 2.75) is 6.54 Å². The summed E-state index contributed by atoms with van der Waals surface area (Å²) >= 11 is 0.910. The minimum Gasteiger partial charge on any atom is -0.367 e. The molecule has 3 amide bonds. The predicted molar refractivity (Wildman–Crippen MR) is 125 cm³/mol. The van der Waals surface area contributed by atoms with Crippen molar-refractivity contribution in [1.29, 1.82) is 0 Å². The number of nitrogens with one attached hydrogen (secondary N) is 1. The number of imide groups is 1. The van der Waals surface area contributed by atoms with E-state index in [0.717, 1.165) is 28.6 Å². The van der Waals surface area contributed by atoms with Crippen LogP contribution in [0.4, 0.5) is 10.5 Å². The van der Waals surface area contributed by atoms with Crippen molar-refractivity contribution in [3.05, 3.63) is 70.1 Å². The Morgan fingerprint density at radius 2 is 1.81 bits per heavy atom. The number of benzene rings is 2. The number of anilines is 1. The Hall–Kier alpha value is -2.81. The van der Waals surface area contributed by atoms with Crippen LogP contribution in [0.3, 0.4) is 0 Å². The third-order valence-electron chi connectivity index (χ3n) is 5.18. The van der Waals surface area contributed by atoms with Crippen LogP contribution in [0, 0.1) is 0 Å². The van der Waals surface area contributed by atoms with Crippen LogP contribution in [0.1, 0.15) is 21.5 Å². The minimum atomic E-state index is -0.366. The number of nitrogens with two attached hydrogens (primary N) is 1. The fraction of sp³-hybridized carbons (Fsp3) is 0.227. The molecule has 2 aromatic carbocycles. The largest absolute Gasteiger partial charge is 0.367 e. The van der Waals surface area contributed by atoms with Gasteiger partial charge in [-0.2, -0.15) is 0 Å². The second-order valence-electron chi connectivity index (χ2n) is 7.09. The van der Waals surface area contributed by atoms with Crippen LogP contribution in [0.2, 0.25) is 0 Å². The number of rotatable bonds is 4. The summed E-state index contributed by atoms with van der Waals surface area (Å²) in [5.41, 5.74) is 9.14. The van der Waals surface area contributed by atoms with E-state index in [4.69, 9.17) is 5.73 Å². The number of amides is 3. The Kier molecular flexibility index (Phi) is 7.37. The van der Waals surface area contributed by atoms with Gasteiger partial charge in [-0.3, -0.25) is 19.7 Å². The van der Waals surface area contributed by atoms with Crippen molar-refractivity contribution in [3.63, 3.8) is 0 Å². The molecular weight excluding hydrogens is 436 g/mol. The van der Waals surface area contributed by atoms with Crippen LogP contribution in [-0.2, 0) is 11.3 Å². The molecule has 9 heteroatoms. The average Bonchev–Trinajstić information content (AvgIpc) is 3.10. The first-order valence-electron chi connectivity index (χ1n) is 9.72. The second kappa shape index (κ2) is 10.00. The normalized spacial score (nSPS) is 17.5. The molecule has 0 aliphatic carbocycles.